The maximum Gasteiger partial charge on any atom is 0.359 e. The average Bonchev–Trinajstić information content (AvgIpc) is 2.86. The second-order valence-corrected chi connectivity index (χ2v) is 4.99. The molecule has 0 N–H and O–H groups in total. The van der Waals surface area contributed by atoms with E-state index in [-0.39, 0.29) is 5.69 Å². The number of ether oxygens (including phenoxy) is 1. The molecule has 2 heterocycles. The first-order chi connectivity index (χ1) is 10.1. The maximum atomic E-state index is 12.0. The van der Waals surface area contributed by atoms with E-state index >= 15 is 0 Å². The Morgan fingerprint density at radius 2 is 2.19 bits per heavy atom. The van der Waals surface area contributed by atoms with Crippen LogP contribution in [0.2, 0.25) is 5.02 Å². The van der Waals surface area contributed by atoms with Gasteiger partial charge in [-0.1, -0.05) is 17.7 Å². The van der Waals surface area contributed by atoms with Gasteiger partial charge in [0.05, 0.1) is 12.8 Å². The summed E-state index contributed by atoms with van der Waals surface area (Å²) >= 11 is 6.00. The van der Waals surface area contributed by atoms with E-state index in [0.717, 1.165) is 11.1 Å². The SMILES string of the molecule is COC(=O)c1nc2ncccn2c1-c1ccc(Cl)cc1C. The highest BCUT2D eigenvalue weighted by Gasteiger charge is 2.22. The van der Waals surface area contributed by atoms with Gasteiger partial charge in [0.25, 0.3) is 0 Å². The molecule has 106 valence electrons. The number of carbonyl (C=O) groups is 1. The first-order valence-corrected chi connectivity index (χ1v) is 6.67. The van der Waals surface area contributed by atoms with Gasteiger partial charge in [0.15, 0.2) is 5.69 Å². The number of aromatic nitrogens is 3. The number of rotatable bonds is 2. The lowest BCUT2D eigenvalue weighted by atomic mass is 10.0. The van der Waals surface area contributed by atoms with Crippen LogP contribution >= 0.6 is 11.6 Å². The number of benzene rings is 1. The number of carbonyl (C=O) groups excluding carboxylic acids is 1. The van der Waals surface area contributed by atoms with Crippen LogP contribution in [0, 0.1) is 6.92 Å². The van der Waals surface area contributed by atoms with Gasteiger partial charge in [0.1, 0.15) is 0 Å². The number of nitrogens with zero attached hydrogens (tertiary/aromatic N) is 3. The molecule has 2 aromatic heterocycles. The summed E-state index contributed by atoms with van der Waals surface area (Å²) in [6.07, 6.45) is 3.44. The van der Waals surface area contributed by atoms with Crippen molar-refractivity contribution in [2.75, 3.05) is 7.11 Å². The van der Waals surface area contributed by atoms with E-state index < -0.39 is 5.97 Å². The number of methoxy groups -OCH3 is 1. The fourth-order valence-electron chi connectivity index (χ4n) is 2.28. The van der Waals surface area contributed by atoms with Crippen LogP contribution in [0.1, 0.15) is 16.1 Å². The van der Waals surface area contributed by atoms with Crippen molar-refractivity contribution < 1.29 is 9.53 Å². The highest BCUT2D eigenvalue weighted by Crippen LogP contribution is 2.29. The van der Waals surface area contributed by atoms with Gasteiger partial charge in [0.2, 0.25) is 5.78 Å². The highest BCUT2D eigenvalue weighted by atomic mass is 35.5. The van der Waals surface area contributed by atoms with Crippen molar-refractivity contribution in [2.45, 2.75) is 6.92 Å². The predicted molar refractivity (Wildman–Crippen MR) is 79.5 cm³/mol. The molecule has 3 aromatic rings. The van der Waals surface area contributed by atoms with Crippen molar-refractivity contribution in [3.63, 3.8) is 0 Å². The molecule has 0 aliphatic heterocycles. The zero-order valence-corrected chi connectivity index (χ0v) is 12.3. The Kier molecular flexibility index (Phi) is 3.35. The molecule has 0 atom stereocenters. The van der Waals surface area contributed by atoms with Crippen LogP contribution in [0.25, 0.3) is 17.0 Å². The number of aryl methyl sites for hydroxylation is 1. The smallest absolute Gasteiger partial charge is 0.359 e. The third-order valence-corrected chi connectivity index (χ3v) is 3.46. The molecule has 3 rings (SSSR count). The summed E-state index contributed by atoms with van der Waals surface area (Å²) in [4.78, 5) is 20.4. The minimum absolute atomic E-state index is 0.238. The fraction of sp³-hybridized carbons (Fsp3) is 0.133. The number of hydrogen-bond donors (Lipinski definition) is 0. The minimum Gasteiger partial charge on any atom is -0.464 e. The van der Waals surface area contributed by atoms with Gasteiger partial charge in [-0.3, -0.25) is 4.40 Å². The number of hydrogen-bond acceptors (Lipinski definition) is 4. The largest absolute Gasteiger partial charge is 0.464 e. The Hall–Kier alpha value is -2.40. The monoisotopic (exact) mass is 301 g/mol. The van der Waals surface area contributed by atoms with E-state index in [2.05, 4.69) is 9.97 Å². The molecular formula is C15H12ClN3O2. The number of fused-ring (bicyclic) bond motifs is 1. The number of halogens is 1. The molecule has 0 amide bonds. The molecule has 6 heteroatoms. The molecule has 21 heavy (non-hydrogen) atoms. The van der Waals surface area contributed by atoms with Gasteiger partial charge < -0.3 is 4.74 Å². The normalized spacial score (nSPS) is 10.8. The second kappa shape index (κ2) is 5.18. The van der Waals surface area contributed by atoms with Gasteiger partial charge in [-0.2, -0.15) is 0 Å². The minimum atomic E-state index is -0.496. The summed E-state index contributed by atoms with van der Waals surface area (Å²) in [7, 11) is 1.33. The Balaban J connectivity index is 2.36. The lowest BCUT2D eigenvalue weighted by Crippen LogP contribution is -2.04. The fourth-order valence-corrected chi connectivity index (χ4v) is 2.50. The molecule has 0 saturated carbocycles. The van der Waals surface area contributed by atoms with Gasteiger partial charge in [-0.25, -0.2) is 14.8 Å². The molecule has 0 fully saturated rings. The van der Waals surface area contributed by atoms with E-state index in [1.807, 2.05) is 25.3 Å². The van der Waals surface area contributed by atoms with Crippen molar-refractivity contribution in [1.82, 2.24) is 14.4 Å². The molecule has 0 unspecified atom stereocenters. The van der Waals surface area contributed by atoms with E-state index in [4.69, 9.17) is 16.3 Å². The maximum absolute atomic E-state index is 12.0. The van der Waals surface area contributed by atoms with Crippen LogP contribution in [-0.4, -0.2) is 27.4 Å². The van der Waals surface area contributed by atoms with Crippen LogP contribution in [0.5, 0.6) is 0 Å². The zero-order valence-electron chi connectivity index (χ0n) is 11.5. The Labute approximate surface area is 126 Å². The third kappa shape index (κ3) is 2.25. The summed E-state index contributed by atoms with van der Waals surface area (Å²) in [5, 5.41) is 0.641. The number of imidazole rings is 1. The summed E-state index contributed by atoms with van der Waals surface area (Å²) in [5.74, 6) is -0.0490. The molecular weight excluding hydrogens is 290 g/mol. The predicted octanol–water partition coefficient (Wildman–Crippen LogP) is 3.14. The summed E-state index contributed by atoms with van der Waals surface area (Å²) < 4.78 is 6.59. The summed E-state index contributed by atoms with van der Waals surface area (Å²) in [6.45, 7) is 1.93. The Bertz CT molecular complexity index is 842. The van der Waals surface area contributed by atoms with Gasteiger partial charge in [-0.05, 0) is 30.7 Å². The molecule has 1 aromatic carbocycles. The lowest BCUT2D eigenvalue weighted by Gasteiger charge is -2.08. The first-order valence-electron chi connectivity index (χ1n) is 6.29. The molecule has 0 saturated heterocycles. The lowest BCUT2D eigenvalue weighted by molar-refractivity contribution is 0.0596. The summed E-state index contributed by atoms with van der Waals surface area (Å²) in [6, 6.07) is 7.26. The van der Waals surface area contributed by atoms with Crippen molar-refractivity contribution in [1.29, 1.82) is 0 Å². The van der Waals surface area contributed by atoms with Crippen molar-refractivity contribution >= 4 is 23.3 Å². The third-order valence-electron chi connectivity index (χ3n) is 3.23. The molecule has 0 aliphatic rings. The molecule has 0 spiro atoms. The Morgan fingerprint density at radius 3 is 2.90 bits per heavy atom. The standard InChI is InChI=1S/C15H12ClN3O2/c1-9-8-10(16)4-5-11(9)13-12(14(20)21-2)18-15-17-6-3-7-19(13)15/h3-8H,1-2H3. The van der Waals surface area contributed by atoms with Crippen molar-refractivity contribution in [3.8, 4) is 11.3 Å². The van der Waals surface area contributed by atoms with Gasteiger partial charge in [-0.15, -0.1) is 0 Å². The van der Waals surface area contributed by atoms with Gasteiger partial charge in [0, 0.05) is 23.0 Å². The van der Waals surface area contributed by atoms with Crippen LogP contribution in [0.4, 0.5) is 0 Å². The van der Waals surface area contributed by atoms with Crippen LogP contribution in [-0.2, 0) is 4.74 Å². The second-order valence-electron chi connectivity index (χ2n) is 4.55. The molecule has 0 aliphatic carbocycles. The molecule has 0 bridgehead atoms. The Morgan fingerprint density at radius 1 is 1.38 bits per heavy atom. The molecule has 0 radical (unpaired) electrons. The van der Waals surface area contributed by atoms with Crippen LogP contribution in [0.15, 0.2) is 36.7 Å². The quantitative estimate of drug-likeness (QED) is 0.682. The van der Waals surface area contributed by atoms with Crippen LogP contribution < -0.4 is 0 Å². The number of esters is 1. The van der Waals surface area contributed by atoms with E-state index in [9.17, 15) is 4.79 Å². The summed E-state index contributed by atoms with van der Waals surface area (Å²) in [5.41, 5.74) is 2.69. The van der Waals surface area contributed by atoms with Gasteiger partial charge >= 0.3 is 5.97 Å². The first kappa shape index (κ1) is 13.6. The van der Waals surface area contributed by atoms with Crippen LogP contribution in [0.3, 0.4) is 0 Å². The van der Waals surface area contributed by atoms with Crippen molar-refractivity contribution in [2.24, 2.45) is 0 Å². The van der Waals surface area contributed by atoms with Crippen molar-refractivity contribution in [3.05, 3.63) is 52.9 Å². The van der Waals surface area contributed by atoms with E-state index in [1.165, 1.54) is 7.11 Å². The topological polar surface area (TPSA) is 56.5 Å². The molecule has 5 nitrogen and oxygen atoms in total. The van der Waals surface area contributed by atoms with E-state index in [1.54, 1.807) is 22.7 Å². The average molecular weight is 302 g/mol. The van der Waals surface area contributed by atoms with E-state index in [0.29, 0.717) is 16.5 Å². The highest BCUT2D eigenvalue weighted by molar-refractivity contribution is 6.30. The zero-order chi connectivity index (χ0) is 15.0.